The second kappa shape index (κ2) is 5.79. The van der Waals surface area contributed by atoms with Gasteiger partial charge in [-0.25, -0.2) is 0 Å². The summed E-state index contributed by atoms with van der Waals surface area (Å²) in [5.41, 5.74) is 0.614. The fourth-order valence-corrected chi connectivity index (χ4v) is 4.75. The third kappa shape index (κ3) is 2.98. The molecule has 0 atom stereocenters. The van der Waals surface area contributed by atoms with Crippen molar-refractivity contribution in [3.63, 3.8) is 0 Å². The second-order valence-corrected chi connectivity index (χ2v) is 7.48. The van der Waals surface area contributed by atoms with Crippen LogP contribution in [0.2, 0.25) is 0 Å². The number of hydrogen-bond donors (Lipinski definition) is 2. The minimum absolute atomic E-state index is 0.118. The molecule has 0 unspecified atom stereocenters. The number of hydrogen-bond acceptors (Lipinski definition) is 3. The Kier molecular flexibility index (Phi) is 4.02. The summed E-state index contributed by atoms with van der Waals surface area (Å²) >= 11 is 1.78. The normalized spacial score (nSPS) is 19.4. The molecule has 1 amide bonds. The number of amides is 1. The predicted octanol–water partition coefficient (Wildman–Crippen LogP) is 2.89. The summed E-state index contributed by atoms with van der Waals surface area (Å²) in [5, 5.41) is 12.3. The van der Waals surface area contributed by atoms with E-state index in [0.717, 1.165) is 25.7 Å². The highest BCUT2D eigenvalue weighted by atomic mass is 32.1. The van der Waals surface area contributed by atoms with Crippen LogP contribution in [0.4, 0.5) is 0 Å². The van der Waals surface area contributed by atoms with Gasteiger partial charge in [-0.2, -0.15) is 0 Å². The van der Waals surface area contributed by atoms with Gasteiger partial charge in [0.2, 0.25) is 5.91 Å². The summed E-state index contributed by atoms with van der Waals surface area (Å²) in [6.07, 6.45) is 6.76. The summed E-state index contributed by atoms with van der Waals surface area (Å²) in [4.78, 5) is 26.2. The molecule has 1 fully saturated rings. The van der Waals surface area contributed by atoms with Crippen LogP contribution in [0.3, 0.4) is 0 Å². The lowest BCUT2D eigenvalue weighted by Crippen LogP contribution is -2.35. The Balaban J connectivity index is 1.55. The van der Waals surface area contributed by atoms with Crippen molar-refractivity contribution in [1.82, 2.24) is 5.32 Å². The van der Waals surface area contributed by atoms with Gasteiger partial charge < -0.3 is 10.4 Å². The molecule has 0 radical (unpaired) electrons. The van der Waals surface area contributed by atoms with Gasteiger partial charge in [-0.05, 0) is 43.7 Å². The minimum Gasteiger partial charge on any atom is -0.481 e. The van der Waals surface area contributed by atoms with Crippen molar-refractivity contribution >= 4 is 23.2 Å². The number of aliphatic carboxylic acids is 1. The predicted molar refractivity (Wildman–Crippen MR) is 81.3 cm³/mol. The molecule has 0 saturated heterocycles. The van der Waals surface area contributed by atoms with Crippen LogP contribution in [0.15, 0.2) is 6.07 Å². The van der Waals surface area contributed by atoms with Crippen molar-refractivity contribution in [2.75, 3.05) is 0 Å². The summed E-state index contributed by atoms with van der Waals surface area (Å²) in [5.74, 6) is -0.946. The zero-order valence-corrected chi connectivity index (χ0v) is 12.9. The first-order valence-electron chi connectivity index (χ1n) is 7.70. The number of fused-ring (bicyclic) bond motifs is 1. The first kappa shape index (κ1) is 14.6. The Morgan fingerprint density at radius 3 is 2.67 bits per heavy atom. The number of carbonyl (C=O) groups excluding carboxylic acids is 1. The zero-order chi connectivity index (χ0) is 14.9. The lowest BCUT2D eigenvalue weighted by molar-refractivity contribution is -0.151. The van der Waals surface area contributed by atoms with Crippen LogP contribution in [0.1, 0.15) is 53.8 Å². The van der Waals surface area contributed by atoms with Gasteiger partial charge in [-0.3, -0.25) is 9.59 Å². The van der Waals surface area contributed by atoms with Crippen molar-refractivity contribution in [2.24, 2.45) is 5.41 Å². The third-order valence-corrected chi connectivity index (χ3v) is 6.01. The molecule has 1 aromatic heterocycles. The van der Waals surface area contributed by atoms with Crippen LogP contribution in [0.25, 0.3) is 0 Å². The van der Waals surface area contributed by atoms with Crippen molar-refractivity contribution in [3.05, 3.63) is 21.4 Å². The molecule has 4 nitrogen and oxygen atoms in total. The first-order valence-corrected chi connectivity index (χ1v) is 8.51. The molecule has 0 aliphatic heterocycles. The van der Waals surface area contributed by atoms with Crippen molar-refractivity contribution in [2.45, 2.75) is 57.9 Å². The van der Waals surface area contributed by atoms with Gasteiger partial charge in [0.15, 0.2) is 0 Å². The van der Waals surface area contributed by atoms with E-state index in [4.69, 9.17) is 0 Å². The molecule has 1 saturated carbocycles. The van der Waals surface area contributed by atoms with Crippen molar-refractivity contribution < 1.29 is 14.7 Å². The molecule has 0 spiro atoms. The molecule has 1 heterocycles. The Hall–Kier alpha value is -1.36. The Bertz CT molecular complexity index is 536. The average molecular weight is 307 g/mol. The van der Waals surface area contributed by atoms with Gasteiger partial charge in [0.05, 0.1) is 12.0 Å². The van der Waals surface area contributed by atoms with E-state index in [9.17, 15) is 14.7 Å². The van der Waals surface area contributed by atoms with Crippen LogP contribution >= 0.6 is 11.3 Å². The Morgan fingerprint density at radius 2 is 2.00 bits per heavy atom. The van der Waals surface area contributed by atoms with E-state index in [1.54, 1.807) is 11.3 Å². The number of carboxylic acids is 1. The lowest BCUT2D eigenvalue weighted by atomic mass is 9.82. The summed E-state index contributed by atoms with van der Waals surface area (Å²) in [6, 6.07) is 2.19. The van der Waals surface area contributed by atoms with Gasteiger partial charge >= 0.3 is 5.97 Å². The molecular formula is C16H21NO3S. The van der Waals surface area contributed by atoms with E-state index in [0.29, 0.717) is 19.4 Å². The Labute approximate surface area is 128 Å². The molecule has 2 N–H and O–H groups in total. The number of aryl methyl sites for hydroxylation is 2. The monoisotopic (exact) mass is 307 g/mol. The zero-order valence-electron chi connectivity index (χ0n) is 12.1. The van der Waals surface area contributed by atoms with E-state index in [1.165, 1.54) is 21.7 Å². The van der Waals surface area contributed by atoms with E-state index in [1.807, 2.05) is 0 Å². The lowest BCUT2D eigenvalue weighted by Gasteiger charge is -2.22. The van der Waals surface area contributed by atoms with Gasteiger partial charge in [0.1, 0.15) is 0 Å². The van der Waals surface area contributed by atoms with E-state index >= 15 is 0 Å². The van der Waals surface area contributed by atoms with Gasteiger partial charge in [0.25, 0.3) is 0 Å². The highest BCUT2D eigenvalue weighted by molar-refractivity contribution is 7.12. The van der Waals surface area contributed by atoms with E-state index in [2.05, 4.69) is 11.4 Å². The maximum atomic E-state index is 12.1. The van der Waals surface area contributed by atoms with Crippen LogP contribution in [-0.2, 0) is 29.0 Å². The topological polar surface area (TPSA) is 66.4 Å². The maximum absolute atomic E-state index is 12.1. The largest absolute Gasteiger partial charge is 0.481 e. The number of nitrogens with one attached hydrogen (secondary N) is 1. The summed E-state index contributed by atoms with van der Waals surface area (Å²) < 4.78 is 0. The molecule has 21 heavy (non-hydrogen) atoms. The SMILES string of the molecule is O=C(CC1(C(=O)O)CCCC1)NCc1cc2c(s1)CCC2. The minimum atomic E-state index is -0.818. The molecular weight excluding hydrogens is 286 g/mol. The van der Waals surface area contributed by atoms with Crippen molar-refractivity contribution in [1.29, 1.82) is 0 Å². The fourth-order valence-electron chi connectivity index (χ4n) is 3.55. The number of rotatable bonds is 5. The van der Waals surface area contributed by atoms with Crippen molar-refractivity contribution in [3.8, 4) is 0 Å². The van der Waals surface area contributed by atoms with E-state index < -0.39 is 11.4 Å². The highest BCUT2D eigenvalue weighted by Gasteiger charge is 2.42. The average Bonchev–Trinajstić information content (AvgIpc) is 3.11. The molecule has 1 aromatic rings. The molecule has 0 bridgehead atoms. The Morgan fingerprint density at radius 1 is 1.24 bits per heavy atom. The van der Waals surface area contributed by atoms with Crippen LogP contribution in [0.5, 0.6) is 0 Å². The summed E-state index contributed by atoms with van der Waals surface area (Å²) in [7, 11) is 0. The van der Waals surface area contributed by atoms with Crippen LogP contribution in [-0.4, -0.2) is 17.0 Å². The molecule has 3 rings (SSSR count). The molecule has 2 aliphatic rings. The molecule has 0 aromatic carbocycles. The molecule has 2 aliphatic carbocycles. The van der Waals surface area contributed by atoms with Gasteiger partial charge in [-0.1, -0.05) is 12.8 Å². The molecule has 114 valence electrons. The fraction of sp³-hybridized carbons (Fsp3) is 0.625. The number of carbonyl (C=O) groups is 2. The third-order valence-electron chi connectivity index (χ3n) is 4.77. The van der Waals surface area contributed by atoms with Crippen LogP contribution < -0.4 is 5.32 Å². The number of thiophene rings is 1. The molecule has 5 heteroatoms. The summed E-state index contributed by atoms with van der Waals surface area (Å²) in [6.45, 7) is 0.534. The van der Waals surface area contributed by atoms with Gasteiger partial charge in [0, 0.05) is 16.2 Å². The highest BCUT2D eigenvalue weighted by Crippen LogP contribution is 2.41. The quantitative estimate of drug-likeness (QED) is 0.879. The van der Waals surface area contributed by atoms with E-state index in [-0.39, 0.29) is 12.3 Å². The standard InChI is InChI=1S/C16H21NO3S/c18-14(9-16(15(19)20)6-1-2-7-16)17-10-12-8-11-4-3-5-13(11)21-12/h8H,1-7,9-10H2,(H,17,18)(H,19,20). The second-order valence-electron chi connectivity index (χ2n) is 6.26. The first-order chi connectivity index (χ1) is 10.1. The number of carboxylic acid groups (broad SMARTS) is 1. The maximum Gasteiger partial charge on any atom is 0.310 e. The van der Waals surface area contributed by atoms with Gasteiger partial charge in [-0.15, -0.1) is 11.3 Å². The smallest absolute Gasteiger partial charge is 0.310 e. The van der Waals surface area contributed by atoms with Crippen LogP contribution in [0, 0.1) is 5.41 Å².